The molecule has 0 spiro atoms. The van der Waals surface area contributed by atoms with Gasteiger partial charge in [-0.05, 0) is 99.3 Å². The Bertz CT molecular complexity index is 887. The first-order chi connectivity index (χ1) is 14.5. The molecule has 1 amide bonds. The normalized spacial score (nSPS) is 20.8. The molecule has 160 valence electrons. The summed E-state index contributed by atoms with van der Waals surface area (Å²) in [5, 5.41) is 2.00. The van der Waals surface area contributed by atoms with Gasteiger partial charge in [-0.2, -0.15) is 0 Å². The van der Waals surface area contributed by atoms with Gasteiger partial charge in [0.25, 0.3) is 5.24 Å². The minimum atomic E-state index is 0.146. The van der Waals surface area contributed by atoms with Gasteiger partial charge in [0.1, 0.15) is 0 Å². The molecule has 0 aromatic heterocycles. The first-order valence-corrected chi connectivity index (χ1v) is 12.8. The summed E-state index contributed by atoms with van der Waals surface area (Å²) >= 11 is 17.3. The lowest BCUT2D eigenvalue weighted by molar-refractivity contribution is 0.182. The highest BCUT2D eigenvalue weighted by atomic mass is 79.9. The van der Waals surface area contributed by atoms with Gasteiger partial charge in [0.2, 0.25) is 0 Å². The summed E-state index contributed by atoms with van der Waals surface area (Å²) in [6, 6.07) is 13.6. The number of benzene rings is 2. The average Bonchev–Trinajstić information content (AvgIpc) is 3.11. The van der Waals surface area contributed by atoms with Crippen LogP contribution in [0.3, 0.4) is 0 Å². The van der Waals surface area contributed by atoms with Gasteiger partial charge in [-0.25, -0.2) is 0 Å². The smallest absolute Gasteiger partial charge is 0.286 e. The second-order valence-corrected chi connectivity index (χ2v) is 11.1. The summed E-state index contributed by atoms with van der Waals surface area (Å²) in [7, 11) is 0. The van der Waals surface area contributed by atoms with E-state index in [0.29, 0.717) is 16.2 Å². The Kier molecular flexibility index (Phi) is 7.69. The van der Waals surface area contributed by atoms with Crippen molar-refractivity contribution in [1.29, 1.82) is 0 Å². The van der Waals surface area contributed by atoms with Gasteiger partial charge >= 0.3 is 0 Å². The van der Waals surface area contributed by atoms with Crippen molar-refractivity contribution in [2.24, 2.45) is 5.92 Å². The van der Waals surface area contributed by atoms with E-state index < -0.39 is 0 Å². The van der Waals surface area contributed by atoms with E-state index >= 15 is 0 Å². The maximum atomic E-state index is 12.4. The second kappa shape index (κ2) is 10.3. The van der Waals surface area contributed by atoms with Gasteiger partial charge in [0.05, 0.1) is 0 Å². The van der Waals surface area contributed by atoms with E-state index in [0.717, 1.165) is 54.2 Å². The monoisotopic (exact) mass is 526 g/mol. The van der Waals surface area contributed by atoms with Crippen LogP contribution in [-0.4, -0.2) is 41.6 Å². The van der Waals surface area contributed by atoms with Gasteiger partial charge in [-0.3, -0.25) is 4.79 Å². The molecular formula is C23H25BrCl2N2OS. The Morgan fingerprint density at radius 2 is 1.73 bits per heavy atom. The molecule has 2 heterocycles. The lowest BCUT2D eigenvalue weighted by atomic mass is 9.90. The molecule has 0 bridgehead atoms. The standard InChI is InChI=1S/C23H25BrCl2N2OS/c24-22-6-3-19(26)14-17(22)13-16-7-10-27(11-8-16)12-9-21-15-28(23(29)30-21)20-4-1-18(25)2-5-20/h1-6,14,16,21H,7-13,15H2. The summed E-state index contributed by atoms with van der Waals surface area (Å²) in [6.07, 6.45) is 4.56. The zero-order valence-electron chi connectivity index (χ0n) is 16.7. The van der Waals surface area contributed by atoms with Crippen LogP contribution in [0.2, 0.25) is 10.0 Å². The van der Waals surface area contributed by atoms with E-state index in [9.17, 15) is 4.79 Å². The second-order valence-electron chi connectivity index (χ2n) is 8.11. The number of anilines is 1. The zero-order chi connectivity index (χ0) is 21.1. The Labute approximate surface area is 201 Å². The minimum Gasteiger partial charge on any atom is -0.303 e. The van der Waals surface area contributed by atoms with Crippen molar-refractivity contribution >= 4 is 61.8 Å². The van der Waals surface area contributed by atoms with Crippen LogP contribution in [-0.2, 0) is 6.42 Å². The number of halogens is 3. The fraction of sp³-hybridized carbons (Fsp3) is 0.435. The Morgan fingerprint density at radius 1 is 1.03 bits per heavy atom. The maximum absolute atomic E-state index is 12.4. The number of hydrogen-bond donors (Lipinski definition) is 0. The molecule has 2 aromatic carbocycles. The Morgan fingerprint density at radius 3 is 2.47 bits per heavy atom. The molecule has 4 rings (SSSR count). The highest BCUT2D eigenvalue weighted by Crippen LogP contribution is 2.33. The van der Waals surface area contributed by atoms with Gasteiger partial charge in [-0.15, -0.1) is 0 Å². The summed E-state index contributed by atoms with van der Waals surface area (Å²) in [6.45, 7) is 4.11. The summed E-state index contributed by atoms with van der Waals surface area (Å²) in [5.74, 6) is 0.707. The first-order valence-electron chi connectivity index (χ1n) is 10.4. The predicted molar refractivity (Wildman–Crippen MR) is 132 cm³/mol. The number of likely N-dealkylation sites (tertiary alicyclic amines) is 1. The summed E-state index contributed by atoms with van der Waals surface area (Å²) < 4.78 is 1.16. The van der Waals surface area contributed by atoms with Crippen molar-refractivity contribution in [3.8, 4) is 0 Å². The molecule has 2 aliphatic rings. The fourth-order valence-electron chi connectivity index (χ4n) is 4.26. The molecule has 2 fully saturated rings. The van der Waals surface area contributed by atoms with E-state index in [-0.39, 0.29) is 5.24 Å². The van der Waals surface area contributed by atoms with E-state index in [2.05, 4.69) is 26.9 Å². The van der Waals surface area contributed by atoms with Gasteiger partial charge in [0, 0.05) is 32.0 Å². The van der Waals surface area contributed by atoms with Crippen LogP contribution in [0.1, 0.15) is 24.8 Å². The van der Waals surface area contributed by atoms with E-state index in [1.807, 2.05) is 41.3 Å². The third-order valence-electron chi connectivity index (χ3n) is 6.00. The molecule has 2 aliphatic heterocycles. The SMILES string of the molecule is O=C1SC(CCN2CCC(Cc3cc(Cl)ccc3Br)CC2)CN1c1ccc(Cl)cc1. The Hall–Kier alpha value is -0.720. The highest BCUT2D eigenvalue weighted by Gasteiger charge is 2.32. The van der Waals surface area contributed by atoms with Crippen molar-refractivity contribution in [2.75, 3.05) is 31.1 Å². The third kappa shape index (κ3) is 5.74. The summed E-state index contributed by atoms with van der Waals surface area (Å²) in [4.78, 5) is 16.8. The van der Waals surface area contributed by atoms with Crippen molar-refractivity contribution in [1.82, 2.24) is 4.90 Å². The topological polar surface area (TPSA) is 23.6 Å². The van der Waals surface area contributed by atoms with Crippen LogP contribution < -0.4 is 4.90 Å². The van der Waals surface area contributed by atoms with Crippen molar-refractivity contribution in [3.63, 3.8) is 0 Å². The maximum Gasteiger partial charge on any atom is 0.286 e. The molecule has 7 heteroatoms. The van der Waals surface area contributed by atoms with E-state index in [1.54, 1.807) is 0 Å². The minimum absolute atomic E-state index is 0.146. The molecule has 2 saturated heterocycles. The molecule has 0 saturated carbocycles. The molecule has 1 unspecified atom stereocenters. The number of amides is 1. The first kappa shape index (κ1) is 22.5. The molecular weight excluding hydrogens is 503 g/mol. The van der Waals surface area contributed by atoms with Gasteiger partial charge in [0.15, 0.2) is 0 Å². The van der Waals surface area contributed by atoms with E-state index in [1.165, 1.54) is 30.2 Å². The van der Waals surface area contributed by atoms with Crippen LogP contribution in [0, 0.1) is 5.92 Å². The number of carbonyl (C=O) groups excluding carboxylic acids is 1. The van der Waals surface area contributed by atoms with Crippen molar-refractivity contribution in [3.05, 3.63) is 62.5 Å². The van der Waals surface area contributed by atoms with Crippen LogP contribution >= 0.6 is 50.9 Å². The molecule has 0 aliphatic carbocycles. The average molecular weight is 528 g/mol. The molecule has 1 atom stereocenters. The molecule has 3 nitrogen and oxygen atoms in total. The number of carbonyl (C=O) groups is 1. The Balaban J connectivity index is 1.22. The third-order valence-corrected chi connectivity index (χ3v) is 8.40. The quantitative estimate of drug-likeness (QED) is 0.398. The zero-order valence-corrected chi connectivity index (χ0v) is 20.6. The molecule has 0 N–H and O–H groups in total. The van der Waals surface area contributed by atoms with E-state index in [4.69, 9.17) is 23.2 Å². The highest BCUT2D eigenvalue weighted by molar-refractivity contribution is 9.10. The van der Waals surface area contributed by atoms with Crippen LogP contribution in [0.25, 0.3) is 0 Å². The largest absolute Gasteiger partial charge is 0.303 e. The number of hydrogen-bond acceptors (Lipinski definition) is 3. The number of rotatable bonds is 6. The number of nitrogens with zero attached hydrogens (tertiary/aromatic N) is 2. The van der Waals surface area contributed by atoms with Crippen LogP contribution in [0.15, 0.2) is 46.9 Å². The lowest BCUT2D eigenvalue weighted by Crippen LogP contribution is -2.36. The van der Waals surface area contributed by atoms with Crippen LogP contribution in [0.4, 0.5) is 10.5 Å². The molecule has 30 heavy (non-hydrogen) atoms. The van der Waals surface area contributed by atoms with Gasteiger partial charge in [-0.1, -0.05) is 50.9 Å². The number of thioether (sulfide) groups is 1. The predicted octanol–water partition coefficient (Wildman–Crippen LogP) is 7.14. The molecule has 2 aromatic rings. The fourth-order valence-corrected chi connectivity index (χ4v) is 6.02. The van der Waals surface area contributed by atoms with Gasteiger partial charge < -0.3 is 9.80 Å². The number of piperidine rings is 1. The molecule has 0 radical (unpaired) electrons. The van der Waals surface area contributed by atoms with Crippen molar-refractivity contribution < 1.29 is 4.79 Å². The lowest BCUT2D eigenvalue weighted by Gasteiger charge is -2.32. The van der Waals surface area contributed by atoms with Crippen molar-refractivity contribution in [2.45, 2.75) is 30.9 Å². The van der Waals surface area contributed by atoms with Crippen LogP contribution in [0.5, 0.6) is 0 Å². The summed E-state index contributed by atoms with van der Waals surface area (Å²) in [5.41, 5.74) is 2.25.